The molecule has 0 fully saturated rings. The van der Waals surface area contributed by atoms with Gasteiger partial charge >= 0.3 is 40.3 Å². The van der Waals surface area contributed by atoms with E-state index < -0.39 is 72.7 Å². The fraction of sp³-hybridized carbons (Fsp3) is 0.500. The van der Waals surface area contributed by atoms with Gasteiger partial charge in [-0.05, 0) is 0 Å². The number of carbonyl (C=O) groups excluding carboxylic acids is 3. The van der Waals surface area contributed by atoms with Crippen LogP contribution in [-0.2, 0) is 51.1 Å². The molecule has 27 heavy (non-hydrogen) atoms. The van der Waals surface area contributed by atoms with E-state index >= 15 is 0 Å². The second-order valence-electron chi connectivity index (χ2n) is 4.89. The quantitative estimate of drug-likeness (QED) is 0.151. The molecule has 15 heteroatoms. The molecule has 0 atom stereocenters. The van der Waals surface area contributed by atoms with Gasteiger partial charge in [-0.3, -0.25) is 9.59 Å². The van der Waals surface area contributed by atoms with Gasteiger partial charge < -0.3 is 55.2 Å². The summed E-state index contributed by atoms with van der Waals surface area (Å²) in [4.78, 5) is 60.5. The van der Waals surface area contributed by atoms with Crippen LogP contribution in [0, 0.1) is 0 Å². The second-order valence-corrected chi connectivity index (χ2v) is 4.89. The Kier molecular flexibility index (Phi) is 13.0. The van der Waals surface area contributed by atoms with Crippen LogP contribution in [0.25, 0.3) is 0 Å². The number of carboxylic acids is 6. The molecule has 0 saturated carbocycles. The second kappa shape index (κ2) is 12.0. The van der Waals surface area contributed by atoms with Gasteiger partial charge in [0.15, 0.2) is 5.60 Å². The van der Waals surface area contributed by atoms with Crippen LogP contribution in [0.5, 0.6) is 0 Å². The van der Waals surface area contributed by atoms with E-state index in [1.54, 1.807) is 0 Å². The van der Waals surface area contributed by atoms with Crippen LogP contribution < -0.4 is 15.3 Å². The molecule has 0 aliphatic rings. The molecule has 0 aromatic heterocycles. The average Bonchev–Trinajstić information content (AvgIpc) is 2.34. The SMILES string of the molecule is O=C(O)CC(O)(CC(=O)O)C(=O)O.O=C([O-])CC(O)(CC(=O)[O-])C(=O)[O-].[Au+3]. The molecule has 0 aromatic rings. The van der Waals surface area contributed by atoms with Crippen LogP contribution in [-0.4, -0.2) is 72.6 Å². The molecular formula is C12H13AuO14. The summed E-state index contributed by atoms with van der Waals surface area (Å²) >= 11 is 0. The van der Waals surface area contributed by atoms with E-state index in [-0.39, 0.29) is 22.4 Å². The van der Waals surface area contributed by atoms with Crippen LogP contribution in [0.15, 0.2) is 0 Å². The van der Waals surface area contributed by atoms with Crippen molar-refractivity contribution in [2.75, 3.05) is 0 Å². The first-order valence-corrected chi connectivity index (χ1v) is 6.28. The molecule has 0 saturated heterocycles. The Morgan fingerprint density at radius 3 is 1.07 bits per heavy atom. The minimum Gasteiger partial charge on any atom is -0.550 e. The van der Waals surface area contributed by atoms with Crippen molar-refractivity contribution in [2.45, 2.75) is 36.9 Å². The Morgan fingerprint density at radius 2 is 0.926 bits per heavy atom. The zero-order valence-electron chi connectivity index (χ0n) is 13.0. The fourth-order valence-electron chi connectivity index (χ4n) is 1.40. The summed E-state index contributed by atoms with van der Waals surface area (Å²) in [5.41, 5.74) is -5.71. The summed E-state index contributed by atoms with van der Waals surface area (Å²) in [6, 6.07) is 0. The van der Waals surface area contributed by atoms with E-state index in [1.165, 1.54) is 0 Å². The molecule has 0 aliphatic heterocycles. The molecule has 0 bridgehead atoms. The average molecular weight is 578 g/mol. The van der Waals surface area contributed by atoms with Gasteiger partial charge in [0.1, 0.15) is 5.60 Å². The van der Waals surface area contributed by atoms with Crippen molar-refractivity contribution >= 4 is 35.8 Å². The van der Waals surface area contributed by atoms with Crippen molar-refractivity contribution in [1.29, 1.82) is 0 Å². The molecule has 0 unspecified atom stereocenters. The summed E-state index contributed by atoms with van der Waals surface area (Å²) in [7, 11) is 0. The van der Waals surface area contributed by atoms with Gasteiger partial charge in [-0.15, -0.1) is 0 Å². The topological polar surface area (TPSA) is 273 Å². The van der Waals surface area contributed by atoms with Crippen LogP contribution in [0.2, 0.25) is 0 Å². The third-order valence-corrected chi connectivity index (χ3v) is 2.54. The molecule has 0 heterocycles. The molecule has 14 nitrogen and oxygen atoms in total. The smallest absolute Gasteiger partial charge is 0.550 e. The van der Waals surface area contributed by atoms with E-state index in [9.17, 15) is 44.1 Å². The number of hydrogen-bond acceptors (Lipinski definition) is 11. The van der Waals surface area contributed by atoms with E-state index in [2.05, 4.69) is 0 Å². The molecule has 0 spiro atoms. The third kappa shape index (κ3) is 12.5. The van der Waals surface area contributed by atoms with Gasteiger partial charge in [-0.1, -0.05) is 0 Å². The normalized spacial score (nSPS) is 10.4. The molecular weight excluding hydrogens is 565 g/mol. The molecule has 0 amide bonds. The summed E-state index contributed by atoms with van der Waals surface area (Å²) < 4.78 is 0. The number of hydrogen-bond donors (Lipinski definition) is 5. The first-order chi connectivity index (χ1) is 11.6. The number of carboxylic acid groups (broad SMARTS) is 6. The van der Waals surface area contributed by atoms with Crippen LogP contribution in [0.1, 0.15) is 25.7 Å². The number of aliphatic carboxylic acids is 6. The van der Waals surface area contributed by atoms with Crippen molar-refractivity contribution in [2.24, 2.45) is 0 Å². The molecule has 0 aromatic carbocycles. The summed E-state index contributed by atoms with van der Waals surface area (Å²) in [6.07, 6.45) is -5.00. The first-order valence-electron chi connectivity index (χ1n) is 6.28. The van der Waals surface area contributed by atoms with Gasteiger partial charge in [0.2, 0.25) is 0 Å². The van der Waals surface area contributed by atoms with E-state index in [1.807, 2.05) is 0 Å². The van der Waals surface area contributed by atoms with Crippen molar-refractivity contribution in [3.05, 3.63) is 0 Å². The van der Waals surface area contributed by atoms with Gasteiger partial charge in [-0.2, -0.15) is 0 Å². The summed E-state index contributed by atoms with van der Waals surface area (Å²) in [5, 5.41) is 72.7. The Hall–Kier alpha value is -2.52. The summed E-state index contributed by atoms with van der Waals surface area (Å²) in [5.74, 6) is -11.0. The van der Waals surface area contributed by atoms with Crippen LogP contribution in [0.3, 0.4) is 0 Å². The fourth-order valence-corrected chi connectivity index (χ4v) is 1.40. The zero-order valence-corrected chi connectivity index (χ0v) is 15.2. The Morgan fingerprint density at radius 1 is 0.630 bits per heavy atom. The van der Waals surface area contributed by atoms with E-state index in [0.29, 0.717) is 0 Å². The van der Waals surface area contributed by atoms with Gasteiger partial charge in [0, 0.05) is 24.8 Å². The molecule has 0 radical (unpaired) electrons. The van der Waals surface area contributed by atoms with Crippen molar-refractivity contribution in [3.63, 3.8) is 0 Å². The maximum absolute atomic E-state index is 10.3. The van der Waals surface area contributed by atoms with Crippen molar-refractivity contribution in [3.8, 4) is 0 Å². The third-order valence-electron chi connectivity index (χ3n) is 2.54. The van der Waals surface area contributed by atoms with E-state index in [4.69, 9.17) is 25.5 Å². The maximum Gasteiger partial charge on any atom is 3.00 e. The van der Waals surface area contributed by atoms with Gasteiger partial charge in [0.05, 0.1) is 18.8 Å². The van der Waals surface area contributed by atoms with Gasteiger partial charge in [-0.25, -0.2) is 4.79 Å². The Bertz CT molecular complexity index is 513. The van der Waals surface area contributed by atoms with Crippen molar-refractivity contribution < 1.29 is 92.0 Å². The molecule has 0 rings (SSSR count). The number of aliphatic hydroxyl groups is 2. The summed E-state index contributed by atoms with van der Waals surface area (Å²) in [6.45, 7) is 0. The first kappa shape index (κ1) is 29.3. The Balaban J connectivity index is -0.000000411. The van der Waals surface area contributed by atoms with E-state index in [0.717, 1.165) is 0 Å². The monoisotopic (exact) mass is 578 g/mol. The van der Waals surface area contributed by atoms with Crippen LogP contribution >= 0.6 is 0 Å². The predicted molar refractivity (Wildman–Crippen MR) is 66.3 cm³/mol. The molecule has 156 valence electrons. The minimum atomic E-state index is -2.97. The number of rotatable bonds is 10. The maximum atomic E-state index is 10.3. The van der Waals surface area contributed by atoms with Crippen LogP contribution in [0.4, 0.5) is 0 Å². The zero-order chi connectivity index (χ0) is 21.3. The molecule has 0 aliphatic carbocycles. The minimum absolute atomic E-state index is 0. The number of carbonyl (C=O) groups is 6. The molecule has 5 N–H and O–H groups in total. The Labute approximate surface area is 165 Å². The largest absolute Gasteiger partial charge is 3.00 e. The van der Waals surface area contributed by atoms with Gasteiger partial charge in [0.25, 0.3) is 0 Å². The standard InChI is InChI=1S/2C6H8O7.Au/c2*7-3(8)1-6(13,5(11)12)2-4(9)10;/h2*13H,1-2H2,(H,7,8)(H,9,10)(H,11,12);/q;;+3/p-3. The van der Waals surface area contributed by atoms with Crippen molar-refractivity contribution in [1.82, 2.24) is 0 Å². The predicted octanol–water partition coefficient (Wildman–Crippen LogP) is -6.50.